The van der Waals surface area contributed by atoms with E-state index >= 15 is 0 Å². The number of hydrogen-bond donors (Lipinski definition) is 1. The fraction of sp³-hybridized carbons (Fsp3) is 0.409. The van der Waals surface area contributed by atoms with Crippen LogP contribution >= 0.6 is 11.8 Å². The van der Waals surface area contributed by atoms with E-state index in [0.29, 0.717) is 31.2 Å². The number of hydrogen-bond acceptors (Lipinski definition) is 5. The Bertz CT molecular complexity index is 799. The van der Waals surface area contributed by atoms with Gasteiger partial charge in [-0.2, -0.15) is 0 Å². The number of methoxy groups -OCH3 is 1. The topological polar surface area (TPSA) is 71.5 Å². The molecule has 1 aromatic carbocycles. The minimum absolute atomic E-state index is 0.00400. The first-order valence-electron chi connectivity index (χ1n) is 9.85. The Kier molecular flexibility index (Phi) is 7.93. The van der Waals surface area contributed by atoms with Crippen molar-refractivity contribution in [3.8, 4) is 5.75 Å². The summed E-state index contributed by atoms with van der Waals surface area (Å²) in [5, 5.41) is 3.88. The first kappa shape index (κ1) is 21.2. The Morgan fingerprint density at radius 3 is 2.79 bits per heavy atom. The second kappa shape index (κ2) is 10.9. The number of piperidine rings is 1. The highest BCUT2D eigenvalue weighted by Gasteiger charge is 2.24. The Hall–Kier alpha value is -2.54. The monoisotopic (exact) mass is 413 g/mol. The Labute approximate surface area is 176 Å². The highest BCUT2D eigenvalue weighted by atomic mass is 32.2. The molecular weight excluding hydrogens is 386 g/mol. The standard InChI is InChI=1S/C22H27N3O3S/c1-28-19-9-7-17(8-10-19)13-20(26)24-14-18-5-4-12-25(15-18)22(27)16-29-21-6-2-3-11-23-21/h2-3,6-11,18H,4-5,12-16H2,1H3,(H,24,26). The van der Waals surface area contributed by atoms with Gasteiger partial charge in [0.2, 0.25) is 11.8 Å². The molecule has 6 nitrogen and oxygen atoms in total. The van der Waals surface area contributed by atoms with E-state index in [4.69, 9.17) is 4.74 Å². The van der Waals surface area contributed by atoms with Gasteiger partial charge >= 0.3 is 0 Å². The SMILES string of the molecule is COc1ccc(CC(=O)NCC2CCCN(C(=O)CSc3ccccn3)C2)cc1. The molecule has 2 amide bonds. The largest absolute Gasteiger partial charge is 0.497 e. The van der Waals surface area contributed by atoms with Crippen molar-refractivity contribution in [2.24, 2.45) is 5.92 Å². The second-order valence-electron chi connectivity index (χ2n) is 7.13. The minimum atomic E-state index is 0.00400. The summed E-state index contributed by atoms with van der Waals surface area (Å²) in [4.78, 5) is 30.9. The third-order valence-corrected chi connectivity index (χ3v) is 5.89. The number of benzene rings is 1. The minimum Gasteiger partial charge on any atom is -0.497 e. The molecule has 1 N–H and O–H groups in total. The number of thioether (sulfide) groups is 1. The summed E-state index contributed by atoms with van der Waals surface area (Å²) in [7, 11) is 1.62. The van der Waals surface area contributed by atoms with Gasteiger partial charge in [0.05, 0.1) is 24.3 Å². The van der Waals surface area contributed by atoms with E-state index in [-0.39, 0.29) is 11.8 Å². The van der Waals surface area contributed by atoms with Crippen LogP contribution in [0.15, 0.2) is 53.7 Å². The molecule has 0 saturated carbocycles. The number of rotatable bonds is 8. The van der Waals surface area contributed by atoms with Gasteiger partial charge in [0.15, 0.2) is 0 Å². The van der Waals surface area contributed by atoms with Crippen molar-refractivity contribution < 1.29 is 14.3 Å². The summed E-state index contributed by atoms with van der Waals surface area (Å²) < 4.78 is 5.14. The van der Waals surface area contributed by atoms with Crippen LogP contribution < -0.4 is 10.1 Å². The summed E-state index contributed by atoms with van der Waals surface area (Å²) in [6, 6.07) is 13.2. The van der Waals surface area contributed by atoms with Crippen LogP contribution in [0.25, 0.3) is 0 Å². The third kappa shape index (κ3) is 6.78. The highest BCUT2D eigenvalue weighted by molar-refractivity contribution is 7.99. The first-order chi connectivity index (χ1) is 14.1. The Morgan fingerprint density at radius 1 is 1.24 bits per heavy atom. The molecule has 2 aromatic rings. The van der Waals surface area contributed by atoms with Crippen LogP contribution in [0.2, 0.25) is 0 Å². The molecule has 1 atom stereocenters. The highest BCUT2D eigenvalue weighted by Crippen LogP contribution is 2.19. The Morgan fingerprint density at radius 2 is 2.07 bits per heavy atom. The molecule has 0 bridgehead atoms. The number of pyridine rings is 1. The average molecular weight is 414 g/mol. The van der Waals surface area contributed by atoms with E-state index < -0.39 is 0 Å². The van der Waals surface area contributed by atoms with E-state index in [1.54, 1.807) is 13.3 Å². The van der Waals surface area contributed by atoms with Crippen molar-refractivity contribution in [1.82, 2.24) is 15.2 Å². The maximum atomic E-state index is 12.5. The number of aromatic nitrogens is 1. The van der Waals surface area contributed by atoms with Gasteiger partial charge in [-0.25, -0.2) is 4.98 Å². The summed E-state index contributed by atoms with van der Waals surface area (Å²) in [5.41, 5.74) is 0.954. The van der Waals surface area contributed by atoms with Crippen LogP contribution in [0.3, 0.4) is 0 Å². The van der Waals surface area contributed by atoms with Crippen molar-refractivity contribution in [1.29, 1.82) is 0 Å². The van der Waals surface area contributed by atoms with Crippen LogP contribution in [0.5, 0.6) is 5.75 Å². The molecule has 3 rings (SSSR count). The molecular formula is C22H27N3O3S. The zero-order chi connectivity index (χ0) is 20.5. The molecule has 0 aliphatic carbocycles. The predicted octanol–water partition coefficient (Wildman–Crippen LogP) is 2.78. The van der Waals surface area contributed by atoms with Crippen molar-refractivity contribution in [3.05, 3.63) is 54.2 Å². The van der Waals surface area contributed by atoms with Gasteiger partial charge in [-0.05, 0) is 48.6 Å². The van der Waals surface area contributed by atoms with Crippen LogP contribution in [-0.4, -0.2) is 54.2 Å². The molecule has 0 spiro atoms. The zero-order valence-corrected chi connectivity index (χ0v) is 17.5. The van der Waals surface area contributed by atoms with E-state index in [9.17, 15) is 9.59 Å². The summed E-state index contributed by atoms with van der Waals surface area (Å²) in [6.07, 6.45) is 4.08. The van der Waals surface area contributed by atoms with Gasteiger partial charge in [0, 0.05) is 25.8 Å². The van der Waals surface area contributed by atoms with Crippen LogP contribution in [0.1, 0.15) is 18.4 Å². The molecule has 154 valence electrons. The lowest BCUT2D eigenvalue weighted by molar-refractivity contribution is -0.130. The smallest absolute Gasteiger partial charge is 0.232 e. The van der Waals surface area contributed by atoms with Gasteiger partial charge in [-0.15, -0.1) is 0 Å². The number of likely N-dealkylation sites (tertiary alicyclic amines) is 1. The fourth-order valence-electron chi connectivity index (χ4n) is 3.37. The predicted molar refractivity (Wildman–Crippen MR) is 114 cm³/mol. The van der Waals surface area contributed by atoms with Gasteiger partial charge < -0.3 is 15.0 Å². The molecule has 1 saturated heterocycles. The molecule has 1 aromatic heterocycles. The molecule has 1 aliphatic heterocycles. The molecule has 29 heavy (non-hydrogen) atoms. The van der Waals surface area contributed by atoms with Crippen molar-refractivity contribution in [2.75, 3.05) is 32.5 Å². The van der Waals surface area contributed by atoms with Crippen LogP contribution in [0, 0.1) is 5.92 Å². The van der Waals surface area contributed by atoms with E-state index in [1.807, 2.05) is 47.4 Å². The van der Waals surface area contributed by atoms with Gasteiger partial charge in [-0.1, -0.05) is 30.0 Å². The zero-order valence-electron chi connectivity index (χ0n) is 16.7. The molecule has 1 aliphatic rings. The number of carbonyl (C=O) groups is 2. The number of nitrogens with one attached hydrogen (secondary N) is 1. The average Bonchev–Trinajstić information content (AvgIpc) is 2.77. The van der Waals surface area contributed by atoms with E-state index in [1.165, 1.54) is 11.8 Å². The summed E-state index contributed by atoms with van der Waals surface area (Å²) in [6.45, 7) is 2.09. The van der Waals surface area contributed by atoms with Crippen LogP contribution in [-0.2, 0) is 16.0 Å². The van der Waals surface area contributed by atoms with Gasteiger partial charge in [-0.3, -0.25) is 9.59 Å². The lowest BCUT2D eigenvalue weighted by atomic mass is 9.98. The second-order valence-corrected chi connectivity index (χ2v) is 8.13. The lowest BCUT2D eigenvalue weighted by Gasteiger charge is -2.32. The fourth-order valence-corrected chi connectivity index (χ4v) is 4.13. The summed E-state index contributed by atoms with van der Waals surface area (Å²) in [5.74, 6) is 1.61. The first-order valence-corrected chi connectivity index (χ1v) is 10.8. The van der Waals surface area contributed by atoms with E-state index in [2.05, 4.69) is 10.3 Å². The third-order valence-electron chi connectivity index (χ3n) is 4.96. The normalized spacial score (nSPS) is 16.3. The quantitative estimate of drug-likeness (QED) is 0.674. The van der Waals surface area contributed by atoms with Gasteiger partial charge in [0.25, 0.3) is 0 Å². The molecule has 1 fully saturated rings. The number of carbonyl (C=O) groups excluding carboxylic acids is 2. The van der Waals surface area contributed by atoms with Gasteiger partial charge in [0.1, 0.15) is 5.75 Å². The maximum absolute atomic E-state index is 12.5. The van der Waals surface area contributed by atoms with Crippen molar-refractivity contribution in [3.63, 3.8) is 0 Å². The van der Waals surface area contributed by atoms with Crippen molar-refractivity contribution >= 4 is 23.6 Å². The Balaban J connectivity index is 1.40. The molecule has 7 heteroatoms. The number of amides is 2. The lowest BCUT2D eigenvalue weighted by Crippen LogP contribution is -2.44. The molecule has 1 unspecified atom stereocenters. The van der Waals surface area contributed by atoms with Crippen LogP contribution in [0.4, 0.5) is 0 Å². The van der Waals surface area contributed by atoms with Crippen molar-refractivity contribution in [2.45, 2.75) is 24.3 Å². The van der Waals surface area contributed by atoms with E-state index in [0.717, 1.165) is 35.7 Å². The maximum Gasteiger partial charge on any atom is 0.232 e. The molecule has 0 radical (unpaired) electrons. The number of nitrogens with zero attached hydrogens (tertiary/aromatic N) is 2. The summed E-state index contributed by atoms with van der Waals surface area (Å²) >= 11 is 1.46. The molecule has 2 heterocycles. The number of ether oxygens (including phenoxy) is 1.